The van der Waals surface area contributed by atoms with Crippen LogP contribution in [0.2, 0.25) is 0 Å². The van der Waals surface area contributed by atoms with Gasteiger partial charge in [0.25, 0.3) is 5.69 Å². The minimum Gasteiger partial charge on any atom is -0.463 e. The number of aliphatic hydroxyl groups is 3. The van der Waals surface area contributed by atoms with E-state index in [1.807, 2.05) is 0 Å². The van der Waals surface area contributed by atoms with Gasteiger partial charge in [0.1, 0.15) is 36.8 Å². The predicted molar refractivity (Wildman–Crippen MR) is 142 cm³/mol. The number of non-ortho nitro benzene ring substituents is 1. The average molecular weight is 541 g/mol. The fraction of sp³-hybridized carbons (Fsp3) is 0.750. The van der Waals surface area contributed by atoms with Gasteiger partial charge in [0, 0.05) is 19.9 Å². The highest BCUT2D eigenvalue weighted by Gasteiger charge is 2.45. The van der Waals surface area contributed by atoms with Crippen LogP contribution in [0.25, 0.3) is 0 Å². The van der Waals surface area contributed by atoms with Crippen molar-refractivity contribution in [1.29, 1.82) is 0 Å². The zero-order chi connectivity index (χ0) is 28.6. The maximum atomic E-state index is 12.3. The number of carbonyl (C=O) groups is 1. The van der Waals surface area contributed by atoms with E-state index in [1.54, 1.807) is 0 Å². The van der Waals surface area contributed by atoms with Gasteiger partial charge in [-0.15, -0.1) is 0 Å². The molecule has 0 amide bonds. The number of nitro benzene ring substituents is 1. The molecule has 0 saturated carbocycles. The van der Waals surface area contributed by atoms with Gasteiger partial charge in [-0.05, 0) is 18.6 Å². The van der Waals surface area contributed by atoms with Crippen molar-refractivity contribution in [3.63, 3.8) is 0 Å². The number of rotatable bonds is 19. The van der Waals surface area contributed by atoms with E-state index in [2.05, 4.69) is 6.92 Å². The van der Waals surface area contributed by atoms with Gasteiger partial charge in [-0.25, -0.2) is 0 Å². The summed E-state index contributed by atoms with van der Waals surface area (Å²) in [6.45, 7) is 1.79. The Hall–Kier alpha value is -2.27. The Kier molecular flexibility index (Phi) is 14.4. The SMILES string of the molecule is [2H]C(CCCCCCCCCCCCCC)C(=O)OC[C@H]1OC(Oc2ccc([N+](=O)[O-])cc2)[C@H](O)[C@@H](O)[C@@H]1O. The summed E-state index contributed by atoms with van der Waals surface area (Å²) in [6.07, 6.45) is 6.21. The molecule has 1 aromatic carbocycles. The van der Waals surface area contributed by atoms with Crippen LogP contribution >= 0.6 is 0 Å². The molecule has 6 atom stereocenters. The summed E-state index contributed by atoms with van der Waals surface area (Å²) in [6, 6.07) is 5.03. The van der Waals surface area contributed by atoms with Crippen LogP contribution in [0.3, 0.4) is 0 Å². The second kappa shape index (κ2) is 18.1. The van der Waals surface area contributed by atoms with Crippen LogP contribution in [0.1, 0.15) is 98.2 Å². The second-order valence-electron chi connectivity index (χ2n) is 9.90. The van der Waals surface area contributed by atoms with Gasteiger partial charge < -0.3 is 29.5 Å². The van der Waals surface area contributed by atoms with E-state index >= 15 is 0 Å². The van der Waals surface area contributed by atoms with Crippen molar-refractivity contribution in [2.45, 2.75) is 127 Å². The minimum absolute atomic E-state index is 0.137. The molecule has 0 spiro atoms. The van der Waals surface area contributed by atoms with Crippen molar-refractivity contribution in [1.82, 2.24) is 0 Å². The Bertz CT molecular complexity index is 841. The van der Waals surface area contributed by atoms with Gasteiger partial charge in [-0.1, -0.05) is 84.0 Å². The van der Waals surface area contributed by atoms with Crippen LogP contribution in [-0.4, -0.2) is 63.5 Å². The first-order chi connectivity index (χ1) is 18.7. The zero-order valence-corrected chi connectivity index (χ0v) is 22.4. The van der Waals surface area contributed by atoms with Crippen molar-refractivity contribution < 1.29 is 40.6 Å². The van der Waals surface area contributed by atoms with Crippen molar-refractivity contribution in [3.05, 3.63) is 34.4 Å². The highest BCUT2D eigenvalue weighted by molar-refractivity contribution is 5.69. The number of carbonyl (C=O) groups excluding carboxylic acids is 1. The van der Waals surface area contributed by atoms with Crippen molar-refractivity contribution in [3.8, 4) is 5.75 Å². The summed E-state index contributed by atoms with van der Waals surface area (Å²) in [5, 5.41) is 41.5. The van der Waals surface area contributed by atoms with Gasteiger partial charge in [-0.2, -0.15) is 0 Å². The lowest BCUT2D eigenvalue weighted by Crippen LogP contribution is -2.60. The van der Waals surface area contributed by atoms with E-state index in [0.717, 1.165) is 25.7 Å². The molecule has 38 heavy (non-hydrogen) atoms. The molecule has 0 aliphatic carbocycles. The fourth-order valence-corrected chi connectivity index (χ4v) is 4.36. The third-order valence-electron chi connectivity index (χ3n) is 6.73. The Morgan fingerprint density at radius 1 is 0.895 bits per heavy atom. The molecule has 0 aromatic heterocycles. The average Bonchev–Trinajstić information content (AvgIpc) is 2.93. The Labute approximate surface area is 226 Å². The summed E-state index contributed by atoms with van der Waals surface area (Å²) in [5.74, 6) is -0.611. The molecule has 2 rings (SSSR count). The molecule has 10 nitrogen and oxygen atoms in total. The topological polar surface area (TPSA) is 149 Å². The lowest BCUT2D eigenvalue weighted by Gasteiger charge is -2.39. The summed E-state index contributed by atoms with van der Waals surface area (Å²) < 4.78 is 24.2. The maximum absolute atomic E-state index is 12.3. The number of benzene rings is 1. The third kappa shape index (κ3) is 11.6. The van der Waals surface area contributed by atoms with Gasteiger partial charge in [-0.3, -0.25) is 14.9 Å². The largest absolute Gasteiger partial charge is 0.463 e. The number of nitrogens with zero attached hydrogens (tertiary/aromatic N) is 1. The van der Waals surface area contributed by atoms with Crippen molar-refractivity contribution >= 4 is 11.7 Å². The normalized spacial score (nSPS) is 24.4. The van der Waals surface area contributed by atoms with E-state index in [4.69, 9.17) is 15.6 Å². The summed E-state index contributed by atoms with van der Waals surface area (Å²) in [5.41, 5.74) is -0.152. The maximum Gasteiger partial charge on any atom is 0.305 e. The molecule has 1 heterocycles. The van der Waals surface area contributed by atoms with Crippen molar-refractivity contribution in [2.75, 3.05) is 6.61 Å². The standard InChI is InChI=1S/C28H45NO9/c1-2-3-4-5-6-7-8-9-10-11-12-13-14-15-24(30)36-20-23-25(31)26(32)27(33)28(38-23)37-22-18-16-21(17-19-22)29(34)35/h16-19,23,25-28,31-33H,2-15,20H2,1H3/t23-,25-,26+,27-,28?/m1/s1/i15D/t15?,23-,25-,26+,27-,28?. The highest BCUT2D eigenvalue weighted by atomic mass is 16.7. The molecule has 3 N–H and O–H groups in total. The Morgan fingerprint density at radius 2 is 1.42 bits per heavy atom. The van der Waals surface area contributed by atoms with Crippen LogP contribution < -0.4 is 4.74 Å². The molecule has 216 valence electrons. The van der Waals surface area contributed by atoms with Crippen LogP contribution in [0.4, 0.5) is 5.69 Å². The summed E-state index contributed by atoms with van der Waals surface area (Å²) in [7, 11) is 0. The van der Waals surface area contributed by atoms with Crippen LogP contribution in [-0.2, 0) is 14.3 Å². The molecular weight excluding hydrogens is 494 g/mol. The molecule has 1 aliphatic heterocycles. The van der Waals surface area contributed by atoms with Crippen molar-refractivity contribution in [2.24, 2.45) is 0 Å². The number of ether oxygens (including phenoxy) is 3. The smallest absolute Gasteiger partial charge is 0.305 e. The van der Waals surface area contributed by atoms with E-state index in [0.29, 0.717) is 6.42 Å². The van der Waals surface area contributed by atoms with Gasteiger partial charge in [0.05, 0.1) is 4.92 Å². The predicted octanol–water partition coefficient (Wildman–Crippen LogP) is 4.81. The Morgan fingerprint density at radius 3 is 1.95 bits per heavy atom. The lowest BCUT2D eigenvalue weighted by atomic mass is 9.99. The number of aliphatic hydroxyl groups excluding tert-OH is 3. The zero-order valence-electron chi connectivity index (χ0n) is 23.4. The first kappa shape index (κ1) is 30.3. The van der Waals surface area contributed by atoms with Crippen LogP contribution in [0.5, 0.6) is 5.75 Å². The van der Waals surface area contributed by atoms with Crippen LogP contribution in [0, 0.1) is 10.1 Å². The van der Waals surface area contributed by atoms with Gasteiger partial charge in [0.2, 0.25) is 6.29 Å². The summed E-state index contributed by atoms with van der Waals surface area (Å²) in [4.78, 5) is 22.5. The second-order valence-corrected chi connectivity index (χ2v) is 9.90. The third-order valence-corrected chi connectivity index (χ3v) is 6.73. The van der Waals surface area contributed by atoms with Gasteiger partial charge in [0.15, 0.2) is 0 Å². The number of unbranched alkanes of at least 4 members (excludes halogenated alkanes) is 11. The van der Waals surface area contributed by atoms with E-state index in [-0.39, 0.29) is 11.4 Å². The minimum atomic E-state index is -1.64. The van der Waals surface area contributed by atoms with Crippen LogP contribution in [0.15, 0.2) is 24.3 Å². The number of hydrogen-bond donors (Lipinski definition) is 3. The molecular formula is C28H45NO9. The fourth-order valence-electron chi connectivity index (χ4n) is 4.36. The molecule has 1 aliphatic rings. The number of hydrogen-bond acceptors (Lipinski definition) is 9. The molecule has 1 fully saturated rings. The van der Waals surface area contributed by atoms with E-state index in [9.17, 15) is 30.2 Å². The first-order valence-corrected chi connectivity index (χ1v) is 13.9. The first-order valence-electron chi connectivity index (χ1n) is 14.5. The van der Waals surface area contributed by atoms with E-state index in [1.165, 1.54) is 75.6 Å². The Balaban J connectivity index is 1.65. The molecule has 2 unspecified atom stereocenters. The molecule has 0 radical (unpaired) electrons. The van der Waals surface area contributed by atoms with E-state index < -0.39 is 54.6 Å². The lowest BCUT2D eigenvalue weighted by molar-refractivity contribution is -0.384. The quantitative estimate of drug-likeness (QED) is 0.0973. The number of nitro groups is 1. The molecule has 0 bridgehead atoms. The van der Waals surface area contributed by atoms with Gasteiger partial charge >= 0.3 is 5.97 Å². The highest BCUT2D eigenvalue weighted by Crippen LogP contribution is 2.26. The monoisotopic (exact) mass is 540 g/mol. The summed E-state index contributed by atoms with van der Waals surface area (Å²) >= 11 is 0. The molecule has 1 saturated heterocycles. The molecule has 10 heteroatoms. The number of esters is 1. The molecule has 1 aromatic rings.